The third-order valence-corrected chi connectivity index (χ3v) is 3.65. The largest absolute Gasteiger partial charge is 0.342 e. The molecule has 1 aromatic heterocycles. The third kappa shape index (κ3) is 4.00. The van der Waals surface area contributed by atoms with Gasteiger partial charge in [-0.25, -0.2) is 4.98 Å². The van der Waals surface area contributed by atoms with E-state index in [4.69, 9.17) is 5.73 Å². The highest BCUT2D eigenvalue weighted by Crippen LogP contribution is 2.10. The number of amides is 2. The molecule has 0 aliphatic rings. The molecule has 0 radical (unpaired) electrons. The molecule has 0 bridgehead atoms. The van der Waals surface area contributed by atoms with Gasteiger partial charge in [0.25, 0.3) is 5.91 Å². The first-order valence-electron chi connectivity index (χ1n) is 6.21. The minimum Gasteiger partial charge on any atom is -0.342 e. The second-order valence-electron chi connectivity index (χ2n) is 4.06. The van der Waals surface area contributed by atoms with E-state index >= 15 is 0 Å². The summed E-state index contributed by atoms with van der Waals surface area (Å²) in [7, 11) is 1.60. The highest BCUT2D eigenvalue weighted by atomic mass is 32.1. The molecule has 0 saturated carbocycles. The van der Waals surface area contributed by atoms with E-state index in [0.29, 0.717) is 30.3 Å². The number of likely N-dealkylation sites (N-methyl/N-ethyl adjacent to an activating group) is 2. The van der Waals surface area contributed by atoms with Gasteiger partial charge in [0, 0.05) is 32.1 Å². The minimum absolute atomic E-state index is 0.0601. The number of hydrogen-bond acceptors (Lipinski definition) is 5. The smallest absolute Gasteiger partial charge is 0.273 e. The molecule has 0 saturated heterocycles. The standard InChI is InChI=1S/C12H20N4O2S/c1-4-16(5-2)11(17)7-15(3)12(18)9-8-19-10(6-13)14-9/h8H,4-7,13H2,1-3H3. The normalized spacial score (nSPS) is 10.3. The van der Waals surface area contributed by atoms with Crippen LogP contribution in [0.1, 0.15) is 29.3 Å². The van der Waals surface area contributed by atoms with Crippen LogP contribution in [0.5, 0.6) is 0 Å². The van der Waals surface area contributed by atoms with E-state index in [1.807, 2.05) is 13.8 Å². The van der Waals surface area contributed by atoms with Crippen LogP contribution >= 0.6 is 11.3 Å². The molecule has 0 aromatic carbocycles. The quantitative estimate of drug-likeness (QED) is 0.827. The molecule has 0 aliphatic carbocycles. The Balaban J connectivity index is 2.64. The Labute approximate surface area is 117 Å². The van der Waals surface area contributed by atoms with Gasteiger partial charge in [0.05, 0.1) is 6.54 Å². The Kier molecular flexibility index (Phi) is 5.91. The van der Waals surface area contributed by atoms with Crippen molar-refractivity contribution in [2.24, 2.45) is 5.73 Å². The third-order valence-electron chi connectivity index (χ3n) is 2.78. The van der Waals surface area contributed by atoms with E-state index in [2.05, 4.69) is 4.98 Å². The molecule has 2 N–H and O–H groups in total. The monoisotopic (exact) mass is 284 g/mol. The van der Waals surface area contributed by atoms with Gasteiger partial charge in [0.2, 0.25) is 5.91 Å². The van der Waals surface area contributed by atoms with E-state index in [1.165, 1.54) is 16.2 Å². The summed E-state index contributed by atoms with van der Waals surface area (Å²) in [4.78, 5) is 31.2. The molecule has 0 spiro atoms. The summed E-state index contributed by atoms with van der Waals surface area (Å²) >= 11 is 1.35. The Hall–Kier alpha value is -1.47. The number of hydrogen-bond donors (Lipinski definition) is 1. The summed E-state index contributed by atoms with van der Waals surface area (Å²) in [5.41, 5.74) is 5.81. The van der Waals surface area contributed by atoms with Crippen molar-refractivity contribution in [1.29, 1.82) is 0 Å². The van der Waals surface area contributed by atoms with E-state index in [1.54, 1.807) is 17.3 Å². The predicted octanol–water partition coefficient (Wildman–Crippen LogP) is 0.542. The highest BCUT2D eigenvalue weighted by Gasteiger charge is 2.19. The summed E-state index contributed by atoms with van der Waals surface area (Å²) in [6.07, 6.45) is 0. The maximum atomic E-state index is 12.1. The Bertz CT molecular complexity index is 443. The van der Waals surface area contributed by atoms with Gasteiger partial charge in [-0.05, 0) is 13.8 Å². The molecule has 0 fully saturated rings. The molecule has 0 unspecified atom stereocenters. The minimum atomic E-state index is -0.253. The zero-order valence-corrected chi connectivity index (χ0v) is 12.4. The molecule has 2 amide bonds. The lowest BCUT2D eigenvalue weighted by atomic mass is 10.3. The fraction of sp³-hybridized carbons (Fsp3) is 0.583. The van der Waals surface area contributed by atoms with Crippen LogP contribution in [0.15, 0.2) is 5.38 Å². The summed E-state index contributed by atoms with van der Waals surface area (Å²) < 4.78 is 0. The van der Waals surface area contributed by atoms with Crippen molar-refractivity contribution in [2.45, 2.75) is 20.4 Å². The van der Waals surface area contributed by atoms with Crippen LogP contribution in [0, 0.1) is 0 Å². The van der Waals surface area contributed by atoms with Gasteiger partial charge < -0.3 is 15.5 Å². The summed E-state index contributed by atoms with van der Waals surface area (Å²) in [5.74, 6) is -0.313. The van der Waals surface area contributed by atoms with Gasteiger partial charge in [-0.2, -0.15) is 0 Å². The highest BCUT2D eigenvalue weighted by molar-refractivity contribution is 7.09. The number of aromatic nitrogens is 1. The van der Waals surface area contributed by atoms with Gasteiger partial charge in [-0.1, -0.05) is 0 Å². The Morgan fingerprint density at radius 2 is 2.00 bits per heavy atom. The molecule has 106 valence electrons. The Morgan fingerprint density at radius 3 is 2.47 bits per heavy atom. The molecule has 1 heterocycles. The van der Waals surface area contributed by atoms with Crippen LogP contribution in [0.25, 0.3) is 0 Å². The molecule has 1 aromatic rings. The SMILES string of the molecule is CCN(CC)C(=O)CN(C)C(=O)c1csc(CN)n1. The lowest BCUT2D eigenvalue weighted by Gasteiger charge is -2.22. The number of nitrogens with two attached hydrogens (primary N) is 1. The van der Waals surface area contributed by atoms with Crippen molar-refractivity contribution < 1.29 is 9.59 Å². The second-order valence-corrected chi connectivity index (χ2v) is 5.00. The average Bonchev–Trinajstić information content (AvgIpc) is 2.87. The number of carbonyl (C=O) groups is 2. The molecule has 0 atom stereocenters. The second kappa shape index (κ2) is 7.20. The van der Waals surface area contributed by atoms with Gasteiger partial charge in [-0.3, -0.25) is 9.59 Å². The number of nitrogens with zero attached hydrogens (tertiary/aromatic N) is 3. The van der Waals surface area contributed by atoms with Crippen LogP contribution in [-0.4, -0.2) is 53.3 Å². The first-order chi connectivity index (χ1) is 9.03. The summed E-state index contributed by atoms with van der Waals surface area (Å²) in [6, 6.07) is 0. The zero-order valence-electron chi connectivity index (χ0n) is 11.5. The van der Waals surface area contributed by atoms with E-state index in [9.17, 15) is 9.59 Å². The van der Waals surface area contributed by atoms with Crippen LogP contribution in [0.2, 0.25) is 0 Å². The van der Waals surface area contributed by atoms with Crippen molar-refractivity contribution in [1.82, 2.24) is 14.8 Å². The molecule has 7 heteroatoms. The molecular weight excluding hydrogens is 264 g/mol. The zero-order chi connectivity index (χ0) is 14.4. The van der Waals surface area contributed by atoms with Crippen LogP contribution in [0.4, 0.5) is 0 Å². The maximum absolute atomic E-state index is 12.1. The van der Waals surface area contributed by atoms with Crippen molar-refractivity contribution in [2.75, 3.05) is 26.7 Å². The van der Waals surface area contributed by atoms with E-state index < -0.39 is 0 Å². The van der Waals surface area contributed by atoms with Crippen molar-refractivity contribution >= 4 is 23.2 Å². The van der Waals surface area contributed by atoms with Crippen molar-refractivity contribution in [3.05, 3.63) is 16.1 Å². The fourth-order valence-corrected chi connectivity index (χ4v) is 2.30. The lowest BCUT2D eigenvalue weighted by molar-refractivity contribution is -0.131. The molecular formula is C12H20N4O2S. The van der Waals surface area contributed by atoms with E-state index in [0.717, 1.165) is 0 Å². The number of thiazole rings is 1. The van der Waals surface area contributed by atoms with Gasteiger partial charge in [0.1, 0.15) is 10.7 Å². The molecule has 6 nitrogen and oxygen atoms in total. The van der Waals surface area contributed by atoms with Crippen LogP contribution in [0.3, 0.4) is 0 Å². The van der Waals surface area contributed by atoms with Crippen molar-refractivity contribution in [3.63, 3.8) is 0 Å². The first-order valence-corrected chi connectivity index (χ1v) is 7.09. The number of carbonyl (C=O) groups excluding carboxylic acids is 2. The maximum Gasteiger partial charge on any atom is 0.273 e. The van der Waals surface area contributed by atoms with Crippen molar-refractivity contribution in [3.8, 4) is 0 Å². The van der Waals surface area contributed by atoms with Gasteiger partial charge >= 0.3 is 0 Å². The molecule has 19 heavy (non-hydrogen) atoms. The van der Waals surface area contributed by atoms with Crippen LogP contribution < -0.4 is 5.73 Å². The molecule has 0 aliphatic heterocycles. The topological polar surface area (TPSA) is 79.5 Å². The van der Waals surface area contributed by atoms with Gasteiger partial charge in [-0.15, -0.1) is 11.3 Å². The first kappa shape index (κ1) is 15.6. The number of rotatable bonds is 6. The fourth-order valence-electron chi connectivity index (χ4n) is 1.65. The summed E-state index contributed by atoms with van der Waals surface area (Å²) in [5, 5.41) is 2.38. The lowest BCUT2D eigenvalue weighted by Crippen LogP contribution is -2.41. The van der Waals surface area contributed by atoms with Gasteiger partial charge in [0.15, 0.2) is 0 Å². The summed E-state index contributed by atoms with van der Waals surface area (Å²) in [6.45, 7) is 5.50. The van der Waals surface area contributed by atoms with E-state index in [-0.39, 0.29) is 18.4 Å². The average molecular weight is 284 g/mol. The Morgan fingerprint density at radius 1 is 1.37 bits per heavy atom. The molecule has 1 rings (SSSR count). The predicted molar refractivity (Wildman–Crippen MR) is 74.9 cm³/mol. The van der Waals surface area contributed by atoms with Crippen LogP contribution in [-0.2, 0) is 11.3 Å².